The Morgan fingerprint density at radius 2 is 2.00 bits per heavy atom. The largest absolute Gasteiger partial charge is 0.381 e. The van der Waals surface area contributed by atoms with Crippen LogP contribution in [0, 0.1) is 0 Å². The van der Waals surface area contributed by atoms with Gasteiger partial charge in [0.25, 0.3) is 5.56 Å². The van der Waals surface area contributed by atoms with Crippen LogP contribution >= 0.6 is 0 Å². The molecule has 0 bridgehead atoms. The van der Waals surface area contributed by atoms with Crippen LogP contribution in [0.25, 0.3) is 0 Å². The fourth-order valence-corrected chi connectivity index (χ4v) is 1.98. The molecule has 0 spiro atoms. The van der Waals surface area contributed by atoms with Crippen LogP contribution < -0.4 is 22.3 Å². The Kier molecular flexibility index (Phi) is 3.93. The molecular formula is C14H16N4O3. The first-order valence-electron chi connectivity index (χ1n) is 6.29. The highest BCUT2D eigenvalue weighted by molar-refractivity contribution is 5.93. The number of aromatic nitrogens is 2. The van der Waals surface area contributed by atoms with Crippen molar-refractivity contribution in [3.05, 3.63) is 62.4 Å². The Morgan fingerprint density at radius 1 is 1.29 bits per heavy atom. The first kappa shape index (κ1) is 14.6. The monoisotopic (exact) mass is 288 g/mol. The van der Waals surface area contributed by atoms with Crippen molar-refractivity contribution in [2.75, 3.05) is 5.32 Å². The smallest absolute Gasteiger partial charge is 0.330 e. The zero-order chi connectivity index (χ0) is 15.6. The minimum Gasteiger partial charge on any atom is -0.381 e. The number of carbonyl (C=O) groups excluding carboxylic acids is 1. The van der Waals surface area contributed by atoms with Gasteiger partial charge in [-0.25, -0.2) is 4.79 Å². The molecule has 0 saturated carbocycles. The van der Waals surface area contributed by atoms with Crippen LogP contribution in [0.2, 0.25) is 0 Å². The number of benzene rings is 1. The Bertz CT molecular complexity index is 805. The minimum absolute atomic E-state index is 0.239. The van der Waals surface area contributed by atoms with E-state index in [1.165, 1.54) is 17.8 Å². The zero-order valence-electron chi connectivity index (χ0n) is 11.8. The number of amides is 1. The van der Waals surface area contributed by atoms with Crippen LogP contribution in [0.1, 0.15) is 15.9 Å². The number of hydrogen-bond acceptors (Lipinski definition) is 4. The van der Waals surface area contributed by atoms with Crippen LogP contribution in [0.5, 0.6) is 0 Å². The molecular weight excluding hydrogens is 272 g/mol. The van der Waals surface area contributed by atoms with Crippen molar-refractivity contribution in [3.8, 4) is 0 Å². The molecule has 0 aliphatic rings. The molecule has 2 aromatic rings. The predicted octanol–water partition coefficient (Wildman–Crippen LogP) is -0.205. The molecule has 0 aliphatic carbocycles. The molecule has 0 aliphatic heterocycles. The van der Waals surface area contributed by atoms with E-state index in [1.54, 1.807) is 31.3 Å². The molecule has 110 valence electrons. The van der Waals surface area contributed by atoms with Gasteiger partial charge in [-0.1, -0.05) is 6.07 Å². The van der Waals surface area contributed by atoms with Crippen molar-refractivity contribution in [1.82, 2.24) is 9.13 Å². The third-order valence-corrected chi connectivity index (χ3v) is 3.15. The van der Waals surface area contributed by atoms with E-state index in [2.05, 4.69) is 5.32 Å². The van der Waals surface area contributed by atoms with Gasteiger partial charge in [-0.05, 0) is 18.2 Å². The SMILES string of the molecule is Cn1cc(CNc2cccc(C(N)=O)c2)c(=O)n(C)c1=O. The summed E-state index contributed by atoms with van der Waals surface area (Å²) >= 11 is 0. The quantitative estimate of drug-likeness (QED) is 0.813. The fourth-order valence-electron chi connectivity index (χ4n) is 1.98. The standard InChI is InChI=1S/C14H16N4O3/c1-17-8-10(13(20)18(2)14(17)21)7-16-11-5-3-4-9(6-11)12(15)19/h3-6,8,16H,7H2,1-2H3,(H2,15,19). The molecule has 21 heavy (non-hydrogen) atoms. The maximum Gasteiger partial charge on any atom is 0.330 e. The van der Waals surface area contributed by atoms with Gasteiger partial charge in [-0.2, -0.15) is 0 Å². The number of carbonyl (C=O) groups is 1. The normalized spacial score (nSPS) is 10.4. The van der Waals surface area contributed by atoms with E-state index in [4.69, 9.17) is 5.73 Å². The minimum atomic E-state index is -0.517. The maximum atomic E-state index is 12.0. The second-order valence-corrected chi connectivity index (χ2v) is 4.71. The molecule has 2 rings (SSSR count). The molecule has 0 atom stereocenters. The van der Waals surface area contributed by atoms with E-state index in [1.807, 2.05) is 0 Å². The molecule has 1 aromatic heterocycles. The summed E-state index contributed by atoms with van der Waals surface area (Å²) in [5, 5.41) is 3.03. The number of hydrogen-bond donors (Lipinski definition) is 2. The maximum absolute atomic E-state index is 12.0. The van der Waals surface area contributed by atoms with Crippen molar-refractivity contribution in [2.24, 2.45) is 19.8 Å². The summed E-state index contributed by atoms with van der Waals surface area (Å²) in [4.78, 5) is 34.7. The van der Waals surface area contributed by atoms with Gasteiger partial charge in [0.05, 0.1) is 5.56 Å². The van der Waals surface area contributed by atoms with Crippen LogP contribution in [0.15, 0.2) is 40.1 Å². The third kappa shape index (κ3) is 3.02. The highest BCUT2D eigenvalue weighted by Crippen LogP contribution is 2.10. The zero-order valence-corrected chi connectivity index (χ0v) is 11.8. The van der Waals surface area contributed by atoms with Gasteiger partial charge < -0.3 is 15.6 Å². The Labute approximate surface area is 120 Å². The van der Waals surface area contributed by atoms with E-state index < -0.39 is 5.91 Å². The summed E-state index contributed by atoms with van der Waals surface area (Å²) < 4.78 is 2.40. The number of primary amides is 1. The van der Waals surface area contributed by atoms with Crippen molar-refractivity contribution in [1.29, 1.82) is 0 Å². The number of anilines is 1. The van der Waals surface area contributed by atoms with Crippen molar-refractivity contribution in [3.63, 3.8) is 0 Å². The number of nitrogens with zero attached hydrogens (tertiary/aromatic N) is 2. The summed E-state index contributed by atoms with van der Waals surface area (Å²) in [6, 6.07) is 6.67. The topological polar surface area (TPSA) is 99.1 Å². The highest BCUT2D eigenvalue weighted by Gasteiger charge is 2.07. The average Bonchev–Trinajstić information content (AvgIpc) is 2.47. The molecule has 0 saturated heterocycles. The first-order chi connectivity index (χ1) is 9.90. The van der Waals surface area contributed by atoms with Crippen LogP contribution in [0.3, 0.4) is 0 Å². The van der Waals surface area contributed by atoms with E-state index in [0.717, 1.165) is 4.57 Å². The second kappa shape index (κ2) is 5.66. The third-order valence-electron chi connectivity index (χ3n) is 3.15. The molecule has 1 aromatic carbocycles. The van der Waals surface area contributed by atoms with Crippen molar-refractivity contribution >= 4 is 11.6 Å². The summed E-state index contributed by atoms with van der Waals surface area (Å²) in [5.41, 5.74) is 5.99. The van der Waals surface area contributed by atoms with Crippen LogP contribution in [-0.2, 0) is 20.6 Å². The lowest BCUT2D eigenvalue weighted by molar-refractivity contribution is 0.100. The van der Waals surface area contributed by atoms with Gasteiger partial charge >= 0.3 is 5.69 Å². The van der Waals surface area contributed by atoms with Crippen molar-refractivity contribution < 1.29 is 4.79 Å². The molecule has 3 N–H and O–H groups in total. The number of aryl methyl sites for hydroxylation is 1. The molecule has 0 fully saturated rings. The predicted molar refractivity (Wildman–Crippen MR) is 79.2 cm³/mol. The molecule has 7 nitrogen and oxygen atoms in total. The number of nitrogens with one attached hydrogen (secondary N) is 1. The number of rotatable bonds is 4. The molecule has 1 heterocycles. The molecule has 7 heteroatoms. The van der Waals surface area contributed by atoms with Gasteiger partial charge in [-0.15, -0.1) is 0 Å². The second-order valence-electron chi connectivity index (χ2n) is 4.71. The summed E-state index contributed by atoms with van der Waals surface area (Å²) in [7, 11) is 3.01. The van der Waals surface area contributed by atoms with E-state index in [-0.39, 0.29) is 17.8 Å². The summed E-state index contributed by atoms with van der Waals surface area (Å²) in [6.07, 6.45) is 1.50. The Hall–Kier alpha value is -2.83. The Balaban J connectivity index is 2.25. The lowest BCUT2D eigenvalue weighted by Crippen LogP contribution is -2.38. The van der Waals surface area contributed by atoms with Crippen molar-refractivity contribution in [2.45, 2.75) is 6.54 Å². The summed E-state index contributed by atoms with van der Waals surface area (Å²) in [6.45, 7) is 0.239. The first-order valence-corrected chi connectivity index (χ1v) is 6.29. The Morgan fingerprint density at radius 3 is 2.67 bits per heavy atom. The lowest BCUT2D eigenvalue weighted by Gasteiger charge is -2.09. The van der Waals surface area contributed by atoms with E-state index in [0.29, 0.717) is 16.8 Å². The van der Waals surface area contributed by atoms with Gasteiger partial charge in [0.2, 0.25) is 5.91 Å². The van der Waals surface area contributed by atoms with Gasteiger partial charge in [0.15, 0.2) is 0 Å². The van der Waals surface area contributed by atoms with Crippen LogP contribution in [0.4, 0.5) is 5.69 Å². The fraction of sp³-hybridized carbons (Fsp3) is 0.214. The van der Waals surface area contributed by atoms with E-state index >= 15 is 0 Å². The highest BCUT2D eigenvalue weighted by atomic mass is 16.2. The van der Waals surface area contributed by atoms with Crippen LogP contribution in [-0.4, -0.2) is 15.0 Å². The molecule has 1 amide bonds. The van der Waals surface area contributed by atoms with E-state index in [9.17, 15) is 14.4 Å². The number of nitrogens with two attached hydrogens (primary N) is 1. The average molecular weight is 288 g/mol. The summed E-state index contributed by atoms with van der Waals surface area (Å²) in [5.74, 6) is -0.517. The van der Waals surface area contributed by atoms with Gasteiger partial charge in [0, 0.05) is 38.1 Å². The lowest BCUT2D eigenvalue weighted by atomic mass is 10.2. The van der Waals surface area contributed by atoms with Gasteiger partial charge in [0.1, 0.15) is 0 Å². The van der Waals surface area contributed by atoms with Gasteiger partial charge in [-0.3, -0.25) is 14.2 Å². The molecule has 0 radical (unpaired) electrons. The molecule has 0 unspecified atom stereocenters.